The number of hydrogen-bond acceptors (Lipinski definition) is 5. The van der Waals surface area contributed by atoms with Gasteiger partial charge in [0.2, 0.25) is 11.3 Å². The number of para-hydroxylation sites is 2. The summed E-state index contributed by atoms with van der Waals surface area (Å²) in [4.78, 5) is 45.9. The van der Waals surface area contributed by atoms with Crippen molar-refractivity contribution < 1.29 is 4.79 Å². The maximum absolute atomic E-state index is 12.9. The molecule has 0 saturated heterocycles. The highest BCUT2D eigenvalue weighted by atomic mass is 16.2. The third-order valence-electron chi connectivity index (χ3n) is 4.78. The van der Waals surface area contributed by atoms with Crippen molar-refractivity contribution >= 4 is 27.7 Å². The Morgan fingerprint density at radius 2 is 1.79 bits per heavy atom. The minimum atomic E-state index is -0.234. The molecule has 8 heteroatoms. The molecule has 0 bridgehead atoms. The maximum atomic E-state index is 12.9. The molecule has 0 saturated carbocycles. The van der Waals surface area contributed by atoms with Gasteiger partial charge < -0.3 is 9.88 Å². The van der Waals surface area contributed by atoms with Crippen LogP contribution < -0.4 is 11.0 Å². The average Bonchev–Trinajstić information content (AvgIpc) is 2.74. The van der Waals surface area contributed by atoms with Crippen LogP contribution in [0.1, 0.15) is 12.7 Å². The summed E-state index contributed by atoms with van der Waals surface area (Å²) in [6.07, 6.45) is 1.22. The molecule has 0 spiro atoms. The molecule has 0 radical (unpaired) electrons. The Bertz CT molecular complexity index is 1330. The van der Waals surface area contributed by atoms with Gasteiger partial charge in [-0.1, -0.05) is 24.3 Å². The second-order valence-corrected chi connectivity index (χ2v) is 6.62. The molecule has 4 rings (SSSR count). The molecule has 0 aliphatic rings. The molecule has 1 amide bonds. The monoisotopic (exact) mass is 389 g/mol. The molecule has 0 unspecified atom stereocenters. The fraction of sp³-hybridized carbons (Fsp3) is 0.190. The average molecular weight is 389 g/mol. The molecule has 2 aromatic heterocycles. The summed E-state index contributed by atoms with van der Waals surface area (Å²) in [5, 5.41) is 5.13. The minimum absolute atomic E-state index is 0.0214. The van der Waals surface area contributed by atoms with Gasteiger partial charge in [0, 0.05) is 11.9 Å². The molecule has 2 heterocycles. The molecule has 0 fully saturated rings. The van der Waals surface area contributed by atoms with E-state index in [9.17, 15) is 14.4 Å². The van der Waals surface area contributed by atoms with E-state index >= 15 is 0 Å². The number of carbonyl (C=O) groups excluding carboxylic acids is 1. The van der Waals surface area contributed by atoms with E-state index in [1.54, 1.807) is 47.4 Å². The molecular formula is C21H19N5O3. The summed E-state index contributed by atoms with van der Waals surface area (Å²) < 4.78 is 1.51. The summed E-state index contributed by atoms with van der Waals surface area (Å²) in [6, 6.07) is 14.1. The van der Waals surface area contributed by atoms with E-state index in [1.165, 1.54) is 10.9 Å². The highest BCUT2D eigenvalue weighted by Gasteiger charge is 2.16. The summed E-state index contributed by atoms with van der Waals surface area (Å²) in [7, 11) is 0. The zero-order valence-electron chi connectivity index (χ0n) is 15.8. The van der Waals surface area contributed by atoms with E-state index in [4.69, 9.17) is 0 Å². The van der Waals surface area contributed by atoms with E-state index in [0.717, 1.165) is 0 Å². The molecule has 1 N–H and O–H groups in total. The topological polar surface area (TPSA) is 101 Å². The fourth-order valence-electron chi connectivity index (χ4n) is 3.28. The first-order valence-corrected chi connectivity index (χ1v) is 9.27. The van der Waals surface area contributed by atoms with Gasteiger partial charge in [-0.15, -0.1) is 0 Å². The first kappa shape index (κ1) is 18.5. The fourth-order valence-corrected chi connectivity index (χ4v) is 3.28. The molecule has 4 aromatic rings. The predicted molar refractivity (Wildman–Crippen MR) is 109 cm³/mol. The lowest BCUT2D eigenvalue weighted by Gasteiger charge is -2.21. The van der Waals surface area contributed by atoms with Crippen molar-refractivity contribution in [2.45, 2.75) is 20.0 Å². The van der Waals surface area contributed by atoms with Crippen molar-refractivity contribution in [3.05, 3.63) is 81.1 Å². The number of carbonyl (C=O) groups is 1. The number of nitrogens with zero attached hydrogens (tertiary/aromatic N) is 4. The number of fused-ring (bicyclic) bond motifs is 2. The lowest BCUT2D eigenvalue weighted by Crippen LogP contribution is -2.35. The highest BCUT2D eigenvalue weighted by molar-refractivity contribution is 5.81. The van der Waals surface area contributed by atoms with Crippen molar-refractivity contribution in [2.24, 2.45) is 0 Å². The zero-order chi connectivity index (χ0) is 20.4. The van der Waals surface area contributed by atoms with Gasteiger partial charge in [-0.2, -0.15) is 5.10 Å². The van der Waals surface area contributed by atoms with Crippen LogP contribution in [0.5, 0.6) is 0 Å². The van der Waals surface area contributed by atoms with Gasteiger partial charge in [-0.05, 0) is 31.2 Å². The Labute approximate surface area is 165 Å². The van der Waals surface area contributed by atoms with Crippen molar-refractivity contribution in [1.29, 1.82) is 0 Å². The van der Waals surface area contributed by atoms with Crippen LogP contribution in [0.2, 0.25) is 0 Å². The van der Waals surface area contributed by atoms with Gasteiger partial charge in [0.05, 0.1) is 29.2 Å². The largest absolute Gasteiger partial charge is 0.334 e. The first-order valence-electron chi connectivity index (χ1n) is 9.27. The van der Waals surface area contributed by atoms with Crippen LogP contribution in [0.4, 0.5) is 0 Å². The van der Waals surface area contributed by atoms with Crippen LogP contribution >= 0.6 is 0 Å². The van der Waals surface area contributed by atoms with Gasteiger partial charge in [0.15, 0.2) is 0 Å². The van der Waals surface area contributed by atoms with Gasteiger partial charge in [-0.3, -0.25) is 19.1 Å². The number of rotatable bonds is 5. The van der Waals surface area contributed by atoms with Crippen molar-refractivity contribution in [1.82, 2.24) is 24.6 Å². The number of nitrogens with one attached hydrogen (secondary N) is 1. The smallest absolute Gasteiger partial charge is 0.258 e. The Balaban J connectivity index is 1.61. The first-order chi connectivity index (χ1) is 14.1. The Hall–Kier alpha value is -3.81. The van der Waals surface area contributed by atoms with Crippen LogP contribution in [0.3, 0.4) is 0 Å². The van der Waals surface area contributed by atoms with E-state index in [-0.39, 0.29) is 30.0 Å². The van der Waals surface area contributed by atoms with Gasteiger partial charge in [0.1, 0.15) is 12.4 Å². The highest BCUT2D eigenvalue weighted by Crippen LogP contribution is 2.10. The van der Waals surface area contributed by atoms with E-state index < -0.39 is 0 Å². The molecule has 2 aromatic carbocycles. The number of benzene rings is 2. The second kappa shape index (κ2) is 7.67. The molecule has 8 nitrogen and oxygen atoms in total. The summed E-state index contributed by atoms with van der Waals surface area (Å²) in [5.74, 6) is 0.228. The van der Waals surface area contributed by atoms with Gasteiger partial charge in [-0.25, -0.2) is 4.98 Å². The normalized spacial score (nSPS) is 11.1. The standard InChI is InChI=1S/C21H19N5O3/c1-2-25(12-19-23-16-9-5-3-7-14(16)21(29)24-19)20(28)13-26-17-10-6-4-8-15(17)18(27)11-22-26/h3-11H,2,12-13H2,1H3,(H,23,24,29). The molecule has 0 aliphatic heterocycles. The maximum Gasteiger partial charge on any atom is 0.258 e. The summed E-state index contributed by atoms with van der Waals surface area (Å²) in [5.41, 5.74) is 0.765. The van der Waals surface area contributed by atoms with Crippen molar-refractivity contribution in [3.63, 3.8) is 0 Å². The van der Waals surface area contributed by atoms with E-state index in [2.05, 4.69) is 15.1 Å². The third kappa shape index (κ3) is 3.64. The van der Waals surface area contributed by atoms with Crippen molar-refractivity contribution in [2.75, 3.05) is 6.54 Å². The van der Waals surface area contributed by atoms with Gasteiger partial charge in [0.25, 0.3) is 5.56 Å². The Morgan fingerprint density at radius 3 is 2.59 bits per heavy atom. The lowest BCUT2D eigenvalue weighted by atomic mass is 10.2. The SMILES string of the molecule is CCN(Cc1nc2ccccc2c(=O)[nH]1)C(=O)Cn1ncc(=O)c2ccccc21. The van der Waals surface area contributed by atoms with Crippen LogP contribution in [0, 0.1) is 0 Å². The molecular weight excluding hydrogens is 370 g/mol. The predicted octanol–water partition coefficient (Wildman–Crippen LogP) is 1.68. The van der Waals surface area contributed by atoms with E-state index in [0.29, 0.717) is 34.2 Å². The van der Waals surface area contributed by atoms with Gasteiger partial charge >= 0.3 is 0 Å². The Morgan fingerprint density at radius 1 is 1.07 bits per heavy atom. The van der Waals surface area contributed by atoms with Crippen LogP contribution in [0.25, 0.3) is 21.8 Å². The van der Waals surface area contributed by atoms with E-state index in [1.807, 2.05) is 13.0 Å². The summed E-state index contributed by atoms with van der Waals surface area (Å²) in [6.45, 7) is 2.45. The number of likely N-dealkylation sites (N-methyl/N-ethyl adjacent to an activating group) is 1. The summed E-state index contributed by atoms with van der Waals surface area (Å²) >= 11 is 0. The number of amides is 1. The van der Waals surface area contributed by atoms with Crippen LogP contribution in [-0.2, 0) is 17.9 Å². The minimum Gasteiger partial charge on any atom is -0.334 e. The third-order valence-corrected chi connectivity index (χ3v) is 4.78. The Kier molecular flexibility index (Phi) is 4.90. The molecule has 0 aliphatic carbocycles. The molecule has 29 heavy (non-hydrogen) atoms. The molecule has 146 valence electrons. The number of aromatic amines is 1. The molecule has 0 atom stereocenters. The number of aromatic nitrogens is 4. The second-order valence-electron chi connectivity index (χ2n) is 6.62. The van der Waals surface area contributed by atoms with Crippen molar-refractivity contribution in [3.8, 4) is 0 Å². The zero-order valence-corrected chi connectivity index (χ0v) is 15.8. The van der Waals surface area contributed by atoms with Crippen LogP contribution in [0.15, 0.2) is 64.3 Å². The lowest BCUT2D eigenvalue weighted by molar-refractivity contribution is -0.132. The quantitative estimate of drug-likeness (QED) is 0.560. The van der Waals surface area contributed by atoms with Crippen LogP contribution in [-0.4, -0.2) is 37.1 Å². The number of H-pyrrole nitrogens is 1. The number of hydrogen-bond donors (Lipinski definition) is 1.